The van der Waals surface area contributed by atoms with Crippen LogP contribution in [0.1, 0.15) is 41.6 Å². The Kier molecular flexibility index (Phi) is 2.82. The first-order chi connectivity index (χ1) is 9.13. The second kappa shape index (κ2) is 4.38. The SMILES string of the molecule is CCOC(=O)c1c(O)c2c(C3CC3)csc2[nH]c1=O. The molecule has 0 spiro atoms. The number of thiophene rings is 1. The molecule has 5 nitrogen and oxygen atoms in total. The number of aromatic amines is 1. The lowest BCUT2D eigenvalue weighted by Gasteiger charge is -2.05. The number of pyridine rings is 1. The smallest absolute Gasteiger partial charge is 0.347 e. The van der Waals surface area contributed by atoms with E-state index in [2.05, 4.69) is 4.98 Å². The van der Waals surface area contributed by atoms with Gasteiger partial charge in [-0.25, -0.2) is 4.79 Å². The van der Waals surface area contributed by atoms with Gasteiger partial charge in [-0.15, -0.1) is 11.3 Å². The van der Waals surface area contributed by atoms with E-state index in [0.717, 1.165) is 18.4 Å². The molecule has 1 aliphatic carbocycles. The standard InChI is InChI=1S/C13H13NO4S/c1-2-18-13(17)9-10(15)8-7(6-3-4-6)5-19-12(8)14-11(9)16/h5-6H,2-4H2,1H3,(H2,14,15,16). The summed E-state index contributed by atoms with van der Waals surface area (Å²) in [6.07, 6.45) is 2.16. The minimum atomic E-state index is -0.781. The molecule has 0 aromatic carbocycles. The lowest BCUT2D eigenvalue weighted by molar-refractivity contribution is 0.0521. The van der Waals surface area contributed by atoms with Gasteiger partial charge in [-0.2, -0.15) is 0 Å². The predicted molar refractivity (Wildman–Crippen MR) is 72.0 cm³/mol. The topological polar surface area (TPSA) is 79.4 Å². The Morgan fingerprint density at radius 1 is 1.58 bits per heavy atom. The van der Waals surface area contributed by atoms with Crippen LogP contribution in [0.4, 0.5) is 0 Å². The van der Waals surface area contributed by atoms with Crippen LogP contribution < -0.4 is 5.56 Å². The minimum absolute atomic E-state index is 0.162. The van der Waals surface area contributed by atoms with Crippen molar-refractivity contribution in [3.05, 3.63) is 26.9 Å². The zero-order valence-electron chi connectivity index (χ0n) is 10.4. The number of fused-ring (bicyclic) bond motifs is 1. The normalized spacial score (nSPS) is 14.8. The molecule has 0 atom stereocenters. The van der Waals surface area contributed by atoms with Crippen molar-refractivity contribution in [3.8, 4) is 5.75 Å². The monoisotopic (exact) mass is 279 g/mol. The quantitative estimate of drug-likeness (QED) is 0.845. The summed E-state index contributed by atoms with van der Waals surface area (Å²) in [7, 11) is 0. The highest BCUT2D eigenvalue weighted by molar-refractivity contribution is 7.17. The molecule has 2 aromatic rings. The van der Waals surface area contributed by atoms with Gasteiger partial charge in [0.05, 0.1) is 12.0 Å². The molecular weight excluding hydrogens is 266 g/mol. The molecule has 6 heteroatoms. The lowest BCUT2D eigenvalue weighted by atomic mass is 10.1. The molecule has 0 amide bonds. The molecule has 0 aliphatic heterocycles. The third-order valence-electron chi connectivity index (χ3n) is 3.24. The third-order valence-corrected chi connectivity index (χ3v) is 4.16. The summed E-state index contributed by atoms with van der Waals surface area (Å²) < 4.78 is 4.82. The number of ether oxygens (including phenoxy) is 1. The average Bonchev–Trinajstić information content (AvgIpc) is 3.10. The molecule has 0 radical (unpaired) electrons. The molecule has 3 rings (SSSR count). The Hall–Kier alpha value is -1.82. The molecule has 2 heterocycles. The van der Waals surface area contributed by atoms with Gasteiger partial charge in [0.15, 0.2) is 5.56 Å². The molecule has 1 saturated carbocycles. The number of hydrogen-bond acceptors (Lipinski definition) is 5. The van der Waals surface area contributed by atoms with Gasteiger partial charge in [0.2, 0.25) is 0 Å². The van der Waals surface area contributed by atoms with Crippen LogP contribution in [0.15, 0.2) is 10.2 Å². The molecule has 0 saturated heterocycles. The largest absolute Gasteiger partial charge is 0.506 e. The highest BCUT2D eigenvalue weighted by Crippen LogP contribution is 2.47. The summed E-state index contributed by atoms with van der Waals surface area (Å²) in [6, 6.07) is 0. The number of hydrogen-bond donors (Lipinski definition) is 2. The van der Waals surface area contributed by atoms with Gasteiger partial charge in [0.25, 0.3) is 5.56 Å². The van der Waals surface area contributed by atoms with E-state index < -0.39 is 11.5 Å². The van der Waals surface area contributed by atoms with Gasteiger partial charge in [0.1, 0.15) is 10.6 Å². The second-order valence-electron chi connectivity index (χ2n) is 4.57. The van der Waals surface area contributed by atoms with Gasteiger partial charge in [-0.05, 0) is 36.6 Å². The third kappa shape index (κ3) is 1.92. The number of aromatic nitrogens is 1. The Morgan fingerprint density at radius 2 is 2.32 bits per heavy atom. The number of esters is 1. The first kappa shape index (κ1) is 12.2. The van der Waals surface area contributed by atoms with Crippen molar-refractivity contribution < 1.29 is 14.6 Å². The molecule has 1 fully saturated rings. The number of carbonyl (C=O) groups excluding carboxylic acids is 1. The first-order valence-electron chi connectivity index (χ1n) is 6.17. The zero-order chi connectivity index (χ0) is 13.6. The zero-order valence-corrected chi connectivity index (χ0v) is 11.2. The number of carbonyl (C=O) groups is 1. The summed E-state index contributed by atoms with van der Waals surface area (Å²) in [6.45, 7) is 1.82. The molecule has 2 aromatic heterocycles. The van der Waals surface area contributed by atoms with E-state index >= 15 is 0 Å². The van der Waals surface area contributed by atoms with E-state index in [1.165, 1.54) is 11.3 Å². The van der Waals surface area contributed by atoms with E-state index in [-0.39, 0.29) is 17.9 Å². The van der Waals surface area contributed by atoms with E-state index in [0.29, 0.717) is 16.1 Å². The first-order valence-corrected chi connectivity index (χ1v) is 7.05. The van der Waals surface area contributed by atoms with Crippen molar-refractivity contribution in [1.29, 1.82) is 0 Å². The van der Waals surface area contributed by atoms with Crippen LogP contribution in [0.2, 0.25) is 0 Å². The van der Waals surface area contributed by atoms with Crippen LogP contribution in [0.5, 0.6) is 5.75 Å². The predicted octanol–water partition coefficient (Wildman–Crippen LogP) is 2.35. The van der Waals surface area contributed by atoms with Crippen molar-refractivity contribution in [3.63, 3.8) is 0 Å². The van der Waals surface area contributed by atoms with E-state index in [1.807, 2.05) is 5.38 Å². The van der Waals surface area contributed by atoms with Gasteiger partial charge in [-0.3, -0.25) is 4.79 Å². The molecular formula is C13H13NO4S. The van der Waals surface area contributed by atoms with Crippen LogP contribution in [-0.2, 0) is 4.74 Å². The van der Waals surface area contributed by atoms with Gasteiger partial charge >= 0.3 is 5.97 Å². The number of H-pyrrole nitrogens is 1. The van der Waals surface area contributed by atoms with Gasteiger partial charge < -0.3 is 14.8 Å². The maximum atomic E-state index is 11.9. The maximum Gasteiger partial charge on any atom is 0.347 e. The average molecular weight is 279 g/mol. The fourth-order valence-corrected chi connectivity index (χ4v) is 3.23. The molecule has 1 aliphatic rings. The minimum Gasteiger partial charge on any atom is -0.506 e. The molecule has 0 unspecified atom stereocenters. The summed E-state index contributed by atoms with van der Waals surface area (Å²) in [4.78, 5) is 26.9. The van der Waals surface area contributed by atoms with Crippen molar-refractivity contribution in [1.82, 2.24) is 4.98 Å². The van der Waals surface area contributed by atoms with Crippen LogP contribution in [0.25, 0.3) is 10.2 Å². The molecule has 100 valence electrons. The van der Waals surface area contributed by atoms with E-state index in [4.69, 9.17) is 4.74 Å². The van der Waals surface area contributed by atoms with Crippen LogP contribution in [0.3, 0.4) is 0 Å². The van der Waals surface area contributed by atoms with Crippen molar-refractivity contribution in [2.45, 2.75) is 25.7 Å². The Bertz CT molecular complexity index is 711. The molecule has 2 N–H and O–H groups in total. The van der Waals surface area contributed by atoms with Crippen LogP contribution in [0, 0.1) is 0 Å². The van der Waals surface area contributed by atoms with Crippen molar-refractivity contribution >= 4 is 27.5 Å². The van der Waals surface area contributed by atoms with Crippen molar-refractivity contribution in [2.75, 3.05) is 6.61 Å². The van der Waals surface area contributed by atoms with Crippen LogP contribution >= 0.6 is 11.3 Å². The fourth-order valence-electron chi connectivity index (χ4n) is 2.19. The Labute approximate surface area is 112 Å². The summed E-state index contributed by atoms with van der Waals surface area (Å²) in [5, 5.41) is 12.8. The molecule has 19 heavy (non-hydrogen) atoms. The Morgan fingerprint density at radius 3 is 2.95 bits per heavy atom. The number of aromatic hydroxyl groups is 1. The Balaban J connectivity index is 2.24. The van der Waals surface area contributed by atoms with E-state index in [1.54, 1.807) is 6.92 Å². The molecule has 0 bridgehead atoms. The summed E-state index contributed by atoms with van der Waals surface area (Å²) >= 11 is 1.38. The second-order valence-corrected chi connectivity index (χ2v) is 5.45. The van der Waals surface area contributed by atoms with E-state index in [9.17, 15) is 14.7 Å². The number of rotatable bonds is 3. The fraction of sp³-hybridized carbons (Fsp3) is 0.385. The van der Waals surface area contributed by atoms with Gasteiger partial charge in [-0.1, -0.05) is 0 Å². The van der Waals surface area contributed by atoms with Crippen LogP contribution in [-0.4, -0.2) is 22.7 Å². The van der Waals surface area contributed by atoms with Crippen molar-refractivity contribution in [2.24, 2.45) is 0 Å². The highest BCUT2D eigenvalue weighted by Gasteiger charge is 2.30. The summed E-state index contributed by atoms with van der Waals surface area (Å²) in [5.41, 5.74) is 0.113. The summed E-state index contributed by atoms with van der Waals surface area (Å²) in [5.74, 6) is -0.600. The van der Waals surface area contributed by atoms with Gasteiger partial charge in [0, 0.05) is 0 Å². The lowest BCUT2D eigenvalue weighted by Crippen LogP contribution is -2.19. The maximum absolute atomic E-state index is 11.9. The highest BCUT2D eigenvalue weighted by atomic mass is 32.1. The number of nitrogens with one attached hydrogen (secondary N) is 1.